The number of hydrogen-bond acceptors (Lipinski definition) is 5. The first kappa shape index (κ1) is 24.1. The van der Waals surface area contributed by atoms with Gasteiger partial charge >= 0.3 is 0 Å². The Morgan fingerprint density at radius 1 is 1.06 bits per heavy atom. The van der Waals surface area contributed by atoms with Crippen molar-refractivity contribution in [3.8, 4) is 11.4 Å². The third-order valence-electron chi connectivity index (χ3n) is 5.39. The fourth-order valence-corrected chi connectivity index (χ4v) is 5.16. The molecule has 1 fully saturated rings. The number of carbonyl (C=O) groups excluding carboxylic acids is 1. The minimum absolute atomic E-state index is 0.164. The molecule has 33 heavy (non-hydrogen) atoms. The average Bonchev–Trinajstić information content (AvgIpc) is 3.24. The largest absolute Gasteiger partial charge is 0.299 e. The maximum atomic E-state index is 12.4. The number of halogens is 3. The number of carbonyl (C=O) groups is 1. The fraction of sp³-hybridized carbons (Fsp3) is 0.304. The van der Waals surface area contributed by atoms with Gasteiger partial charge in [-0.25, -0.2) is 5.43 Å². The van der Waals surface area contributed by atoms with E-state index in [9.17, 15) is 4.79 Å². The molecule has 1 aliphatic rings. The van der Waals surface area contributed by atoms with Gasteiger partial charge in [-0.1, -0.05) is 71.9 Å². The summed E-state index contributed by atoms with van der Waals surface area (Å²) in [4.78, 5) is 12.4. The van der Waals surface area contributed by atoms with E-state index in [-0.39, 0.29) is 11.7 Å². The van der Waals surface area contributed by atoms with Crippen LogP contribution in [0.25, 0.3) is 11.4 Å². The Bertz CT molecular complexity index is 1140. The molecule has 0 atom stereocenters. The van der Waals surface area contributed by atoms with E-state index in [1.54, 1.807) is 18.2 Å². The van der Waals surface area contributed by atoms with Crippen LogP contribution in [0.2, 0.25) is 15.1 Å². The van der Waals surface area contributed by atoms with Gasteiger partial charge in [0.2, 0.25) is 0 Å². The predicted octanol–water partition coefficient (Wildman–Crippen LogP) is 6.65. The van der Waals surface area contributed by atoms with Crippen LogP contribution in [-0.2, 0) is 4.79 Å². The predicted molar refractivity (Wildman–Crippen MR) is 136 cm³/mol. The molecular weight excluding hydrogens is 501 g/mol. The average molecular weight is 523 g/mol. The Labute approximate surface area is 211 Å². The highest BCUT2D eigenvalue weighted by Gasteiger charge is 2.24. The number of amides is 1. The van der Waals surface area contributed by atoms with Crippen molar-refractivity contribution in [1.29, 1.82) is 0 Å². The SMILES string of the molecule is O=C(CSc1nnc(-c2ccc(Cl)cc2)n1C1CCCCC1)N/N=C/c1ccc(Cl)cc1Cl. The van der Waals surface area contributed by atoms with Gasteiger partial charge in [-0.05, 0) is 49.2 Å². The highest BCUT2D eigenvalue weighted by atomic mass is 35.5. The van der Waals surface area contributed by atoms with Crippen LogP contribution >= 0.6 is 46.6 Å². The molecule has 0 saturated heterocycles. The van der Waals surface area contributed by atoms with Gasteiger partial charge in [0.05, 0.1) is 17.0 Å². The number of hydrogen-bond donors (Lipinski definition) is 1. The minimum atomic E-state index is -0.243. The van der Waals surface area contributed by atoms with Crippen LogP contribution in [0.4, 0.5) is 0 Å². The Balaban J connectivity index is 1.45. The number of aromatic nitrogens is 3. The first-order chi connectivity index (χ1) is 16.0. The summed E-state index contributed by atoms with van der Waals surface area (Å²) in [6, 6.07) is 13.0. The van der Waals surface area contributed by atoms with E-state index in [4.69, 9.17) is 34.8 Å². The topological polar surface area (TPSA) is 72.2 Å². The molecule has 1 saturated carbocycles. The van der Waals surface area contributed by atoms with Crippen LogP contribution in [0.15, 0.2) is 52.7 Å². The van der Waals surface area contributed by atoms with Crippen molar-refractivity contribution in [3.05, 3.63) is 63.1 Å². The lowest BCUT2D eigenvalue weighted by Crippen LogP contribution is -2.20. The van der Waals surface area contributed by atoms with E-state index in [1.807, 2.05) is 24.3 Å². The summed E-state index contributed by atoms with van der Waals surface area (Å²) in [5.74, 6) is 0.724. The number of rotatable bonds is 7. The van der Waals surface area contributed by atoms with E-state index >= 15 is 0 Å². The Morgan fingerprint density at radius 2 is 1.79 bits per heavy atom. The molecule has 3 aromatic rings. The van der Waals surface area contributed by atoms with Gasteiger partial charge in [0.1, 0.15) is 0 Å². The van der Waals surface area contributed by atoms with Gasteiger partial charge < -0.3 is 0 Å². The molecule has 0 unspecified atom stereocenters. The molecular formula is C23H22Cl3N5OS. The standard InChI is InChI=1S/C23H22Cl3N5OS/c24-17-9-6-15(7-10-17)22-29-30-23(31(22)19-4-2-1-3-5-19)33-14-21(32)28-27-13-16-8-11-18(25)12-20(16)26/h6-13,19H,1-5,14H2,(H,28,32)/b27-13+. The molecule has 1 N–H and O–H groups in total. The van der Waals surface area contributed by atoms with Gasteiger partial charge in [-0.15, -0.1) is 10.2 Å². The number of benzene rings is 2. The Morgan fingerprint density at radius 3 is 2.52 bits per heavy atom. The molecule has 6 nitrogen and oxygen atoms in total. The summed E-state index contributed by atoms with van der Waals surface area (Å²) >= 11 is 19.4. The summed E-state index contributed by atoms with van der Waals surface area (Å²) in [5.41, 5.74) is 4.16. The molecule has 172 valence electrons. The quantitative estimate of drug-likeness (QED) is 0.214. The molecule has 1 aromatic heterocycles. The second-order valence-electron chi connectivity index (χ2n) is 7.72. The highest BCUT2D eigenvalue weighted by Crippen LogP contribution is 2.35. The molecule has 10 heteroatoms. The summed E-state index contributed by atoms with van der Waals surface area (Å²) in [7, 11) is 0. The molecule has 1 aliphatic carbocycles. The van der Waals surface area contributed by atoms with Crippen LogP contribution in [0, 0.1) is 0 Å². The lowest BCUT2D eigenvalue weighted by Gasteiger charge is -2.25. The zero-order valence-electron chi connectivity index (χ0n) is 17.7. The van der Waals surface area contributed by atoms with Crippen LogP contribution in [-0.4, -0.2) is 32.6 Å². The summed E-state index contributed by atoms with van der Waals surface area (Å²) in [6.45, 7) is 0. The summed E-state index contributed by atoms with van der Waals surface area (Å²) in [5, 5.41) is 15.3. The number of nitrogens with one attached hydrogen (secondary N) is 1. The van der Waals surface area contributed by atoms with E-state index in [0.29, 0.717) is 26.7 Å². The van der Waals surface area contributed by atoms with Gasteiger partial charge in [0.25, 0.3) is 5.91 Å². The van der Waals surface area contributed by atoms with E-state index < -0.39 is 0 Å². The van der Waals surface area contributed by atoms with Crippen molar-refractivity contribution in [2.75, 3.05) is 5.75 Å². The van der Waals surface area contributed by atoms with Gasteiger partial charge in [0, 0.05) is 27.2 Å². The maximum absolute atomic E-state index is 12.4. The third kappa shape index (κ3) is 6.29. The van der Waals surface area contributed by atoms with Crippen molar-refractivity contribution in [2.45, 2.75) is 43.3 Å². The molecule has 1 heterocycles. The Hall–Kier alpha value is -2.06. The van der Waals surface area contributed by atoms with Crippen molar-refractivity contribution < 1.29 is 4.79 Å². The molecule has 1 amide bonds. The molecule has 2 aromatic carbocycles. The number of nitrogens with zero attached hydrogens (tertiary/aromatic N) is 4. The van der Waals surface area contributed by atoms with Crippen LogP contribution < -0.4 is 5.43 Å². The molecule has 0 spiro atoms. The Kier molecular flexibility index (Phi) is 8.30. The molecule has 0 radical (unpaired) electrons. The summed E-state index contributed by atoms with van der Waals surface area (Å²) < 4.78 is 2.18. The minimum Gasteiger partial charge on any atom is -0.299 e. The highest BCUT2D eigenvalue weighted by molar-refractivity contribution is 7.99. The second kappa shape index (κ2) is 11.4. The van der Waals surface area contributed by atoms with E-state index in [2.05, 4.69) is 25.3 Å². The van der Waals surface area contributed by atoms with Crippen LogP contribution in [0.1, 0.15) is 43.7 Å². The van der Waals surface area contributed by atoms with Gasteiger partial charge in [0.15, 0.2) is 11.0 Å². The molecule has 0 bridgehead atoms. The zero-order valence-corrected chi connectivity index (χ0v) is 20.8. The normalized spacial score (nSPS) is 14.6. The van der Waals surface area contributed by atoms with Gasteiger partial charge in [-0.2, -0.15) is 5.10 Å². The van der Waals surface area contributed by atoms with E-state index in [1.165, 1.54) is 37.2 Å². The fourth-order valence-electron chi connectivity index (χ4n) is 3.78. The van der Waals surface area contributed by atoms with Crippen LogP contribution in [0.5, 0.6) is 0 Å². The number of hydrazone groups is 1. The van der Waals surface area contributed by atoms with Crippen molar-refractivity contribution >= 4 is 58.7 Å². The maximum Gasteiger partial charge on any atom is 0.250 e. The first-order valence-electron chi connectivity index (χ1n) is 10.6. The monoisotopic (exact) mass is 521 g/mol. The summed E-state index contributed by atoms with van der Waals surface area (Å²) in [6.07, 6.45) is 7.24. The van der Waals surface area contributed by atoms with Crippen molar-refractivity contribution in [1.82, 2.24) is 20.2 Å². The molecule has 4 rings (SSSR count). The van der Waals surface area contributed by atoms with Crippen molar-refractivity contribution in [2.24, 2.45) is 5.10 Å². The zero-order chi connectivity index (χ0) is 23.2. The lowest BCUT2D eigenvalue weighted by molar-refractivity contribution is -0.118. The first-order valence-corrected chi connectivity index (χ1v) is 12.7. The smallest absolute Gasteiger partial charge is 0.250 e. The van der Waals surface area contributed by atoms with E-state index in [0.717, 1.165) is 29.4 Å². The van der Waals surface area contributed by atoms with Crippen molar-refractivity contribution in [3.63, 3.8) is 0 Å². The van der Waals surface area contributed by atoms with Gasteiger partial charge in [-0.3, -0.25) is 9.36 Å². The number of thioether (sulfide) groups is 1. The van der Waals surface area contributed by atoms with Crippen LogP contribution in [0.3, 0.4) is 0 Å². The second-order valence-corrected chi connectivity index (χ2v) is 9.95. The lowest BCUT2D eigenvalue weighted by atomic mass is 9.95. The molecule has 0 aliphatic heterocycles. The third-order valence-corrected chi connectivity index (χ3v) is 7.15.